The molecule has 0 unspecified atom stereocenters. The van der Waals surface area contributed by atoms with Crippen molar-refractivity contribution >= 4 is 22.4 Å². The van der Waals surface area contributed by atoms with Gasteiger partial charge in [0.25, 0.3) is 5.91 Å². The zero-order valence-electron chi connectivity index (χ0n) is 15.5. The van der Waals surface area contributed by atoms with Crippen molar-refractivity contribution in [3.8, 4) is 11.4 Å². The molecule has 0 saturated carbocycles. The number of ether oxygens (including phenoxy) is 1. The van der Waals surface area contributed by atoms with Crippen LogP contribution in [0.4, 0.5) is 5.69 Å². The van der Waals surface area contributed by atoms with Gasteiger partial charge in [0.05, 0.1) is 19.0 Å². The van der Waals surface area contributed by atoms with E-state index in [0.717, 1.165) is 29.6 Å². The van der Waals surface area contributed by atoms with Crippen molar-refractivity contribution in [3.63, 3.8) is 0 Å². The molecule has 1 amide bonds. The van der Waals surface area contributed by atoms with Crippen molar-refractivity contribution in [1.29, 1.82) is 0 Å². The highest BCUT2D eigenvalue weighted by Crippen LogP contribution is 2.35. The van der Waals surface area contributed by atoms with Crippen molar-refractivity contribution < 1.29 is 9.53 Å². The first-order chi connectivity index (χ1) is 13.7. The number of carbonyl (C=O) groups is 1. The lowest BCUT2D eigenvalue weighted by Gasteiger charge is -2.10. The van der Waals surface area contributed by atoms with E-state index in [9.17, 15) is 4.79 Å². The van der Waals surface area contributed by atoms with E-state index in [1.807, 2.05) is 42.5 Å². The first-order valence-corrected chi connectivity index (χ1v) is 9.28. The van der Waals surface area contributed by atoms with E-state index in [-0.39, 0.29) is 11.6 Å². The molecule has 0 radical (unpaired) electrons. The van der Waals surface area contributed by atoms with Gasteiger partial charge >= 0.3 is 0 Å². The van der Waals surface area contributed by atoms with E-state index < -0.39 is 0 Å². The van der Waals surface area contributed by atoms with Crippen molar-refractivity contribution in [3.05, 3.63) is 83.7 Å². The molecular weight excluding hydrogens is 350 g/mol. The number of para-hydroxylation sites is 1. The molecular formula is C23H19N3O2. The molecule has 1 aliphatic rings. The fourth-order valence-electron chi connectivity index (χ4n) is 3.92. The topological polar surface area (TPSA) is 56.2 Å². The molecule has 5 rings (SSSR count). The monoisotopic (exact) mass is 369 g/mol. The number of aryl methyl sites for hydroxylation is 2. The summed E-state index contributed by atoms with van der Waals surface area (Å²) in [5.41, 5.74) is 4.60. The predicted molar refractivity (Wildman–Crippen MR) is 109 cm³/mol. The fourth-order valence-corrected chi connectivity index (χ4v) is 3.92. The van der Waals surface area contributed by atoms with Gasteiger partial charge in [-0.3, -0.25) is 4.79 Å². The third-order valence-corrected chi connectivity index (χ3v) is 5.26. The average molecular weight is 369 g/mol. The largest absolute Gasteiger partial charge is 0.493 e. The Morgan fingerprint density at radius 1 is 1.00 bits per heavy atom. The lowest BCUT2D eigenvalue weighted by molar-refractivity contribution is 0.101. The van der Waals surface area contributed by atoms with Crippen LogP contribution in [0.25, 0.3) is 16.5 Å². The number of amides is 1. The number of nitrogens with one attached hydrogen (secondary N) is 1. The molecule has 0 saturated heterocycles. The molecule has 0 atom stereocenters. The van der Waals surface area contributed by atoms with Crippen LogP contribution in [0.1, 0.15) is 21.6 Å². The average Bonchev–Trinajstić information content (AvgIpc) is 3.36. The third-order valence-electron chi connectivity index (χ3n) is 5.26. The standard InChI is InChI=1S/C23H19N3O2/c1-28-20-14-26(17-7-3-2-4-8-17)25-22(20)23(27)24-19-13-12-16-11-10-15-6-5-9-18(19)21(15)16/h2-9,12-14H,10-11H2,1H3,(H,24,27). The SMILES string of the molecule is COc1cn(-c2ccccc2)nc1C(=O)Nc1ccc2c3c(cccc13)CC2. The number of methoxy groups -OCH3 is 1. The molecule has 4 aromatic rings. The summed E-state index contributed by atoms with van der Waals surface area (Å²) in [6.45, 7) is 0. The highest BCUT2D eigenvalue weighted by molar-refractivity contribution is 6.10. The number of hydrogen-bond donors (Lipinski definition) is 1. The maximum Gasteiger partial charge on any atom is 0.280 e. The Balaban J connectivity index is 1.52. The predicted octanol–water partition coefficient (Wildman–Crippen LogP) is 4.39. The summed E-state index contributed by atoms with van der Waals surface area (Å²) in [6.07, 6.45) is 3.83. The zero-order chi connectivity index (χ0) is 19.1. The van der Waals surface area contributed by atoms with Crippen LogP contribution < -0.4 is 10.1 Å². The number of benzene rings is 3. The quantitative estimate of drug-likeness (QED) is 0.581. The van der Waals surface area contributed by atoms with Crippen molar-refractivity contribution in [2.45, 2.75) is 12.8 Å². The first kappa shape index (κ1) is 16.6. The van der Waals surface area contributed by atoms with Gasteiger partial charge in [0.1, 0.15) is 0 Å². The Kier molecular flexibility index (Phi) is 3.86. The summed E-state index contributed by atoms with van der Waals surface area (Å²) in [7, 11) is 1.54. The van der Waals surface area contributed by atoms with Crippen LogP contribution in [0.2, 0.25) is 0 Å². The minimum atomic E-state index is -0.287. The van der Waals surface area contributed by atoms with E-state index in [4.69, 9.17) is 4.74 Å². The molecule has 1 aromatic heterocycles. The number of carbonyl (C=O) groups excluding carboxylic acids is 1. The summed E-state index contributed by atoms with van der Waals surface area (Å²) >= 11 is 0. The van der Waals surface area contributed by atoms with E-state index in [1.54, 1.807) is 18.0 Å². The van der Waals surface area contributed by atoms with Gasteiger partial charge < -0.3 is 10.1 Å². The van der Waals surface area contributed by atoms with Gasteiger partial charge in [-0.25, -0.2) is 4.68 Å². The molecule has 0 spiro atoms. The van der Waals surface area contributed by atoms with Crippen LogP contribution in [0.15, 0.2) is 66.9 Å². The maximum atomic E-state index is 13.0. The van der Waals surface area contributed by atoms with Crippen LogP contribution in [0.3, 0.4) is 0 Å². The van der Waals surface area contributed by atoms with Crippen molar-refractivity contribution in [2.75, 3.05) is 12.4 Å². The Morgan fingerprint density at radius 3 is 2.57 bits per heavy atom. The highest BCUT2D eigenvalue weighted by atomic mass is 16.5. The minimum Gasteiger partial charge on any atom is -0.493 e. The summed E-state index contributed by atoms with van der Waals surface area (Å²) < 4.78 is 7.05. The Hall–Kier alpha value is -3.60. The molecule has 0 bridgehead atoms. The number of anilines is 1. The number of nitrogens with zero attached hydrogens (tertiary/aromatic N) is 2. The van der Waals surface area contributed by atoms with Crippen LogP contribution in [0, 0.1) is 0 Å². The minimum absolute atomic E-state index is 0.259. The molecule has 138 valence electrons. The van der Waals surface area contributed by atoms with Crippen molar-refractivity contribution in [2.24, 2.45) is 0 Å². The smallest absolute Gasteiger partial charge is 0.280 e. The molecule has 0 aliphatic heterocycles. The number of rotatable bonds is 4. The molecule has 28 heavy (non-hydrogen) atoms. The maximum absolute atomic E-state index is 13.0. The Labute approximate surface area is 162 Å². The highest BCUT2D eigenvalue weighted by Gasteiger charge is 2.21. The number of hydrogen-bond acceptors (Lipinski definition) is 3. The van der Waals surface area contributed by atoms with Crippen molar-refractivity contribution in [1.82, 2.24) is 9.78 Å². The van der Waals surface area contributed by atoms with Gasteiger partial charge in [-0.2, -0.15) is 5.10 Å². The van der Waals surface area contributed by atoms with Crippen LogP contribution in [-0.2, 0) is 12.8 Å². The van der Waals surface area contributed by atoms with E-state index in [1.165, 1.54) is 16.5 Å². The summed E-state index contributed by atoms with van der Waals surface area (Å²) in [4.78, 5) is 13.0. The Bertz CT molecular complexity index is 1190. The fraction of sp³-hybridized carbons (Fsp3) is 0.130. The van der Waals surface area contributed by atoms with E-state index in [0.29, 0.717) is 5.75 Å². The molecule has 1 N–H and O–H groups in total. The van der Waals surface area contributed by atoms with Gasteiger partial charge in [-0.1, -0.05) is 42.5 Å². The van der Waals surface area contributed by atoms with Gasteiger partial charge in [-0.05, 0) is 47.6 Å². The molecule has 1 aliphatic carbocycles. The van der Waals surface area contributed by atoms with Gasteiger partial charge in [0, 0.05) is 11.1 Å². The summed E-state index contributed by atoms with van der Waals surface area (Å²) in [6, 6.07) is 20.0. The second-order valence-corrected chi connectivity index (χ2v) is 6.89. The van der Waals surface area contributed by atoms with Crippen LogP contribution in [-0.4, -0.2) is 22.8 Å². The second kappa shape index (κ2) is 6.53. The van der Waals surface area contributed by atoms with Gasteiger partial charge in [-0.15, -0.1) is 0 Å². The molecule has 0 fully saturated rings. The lowest BCUT2D eigenvalue weighted by Crippen LogP contribution is -2.14. The second-order valence-electron chi connectivity index (χ2n) is 6.89. The summed E-state index contributed by atoms with van der Waals surface area (Å²) in [5.74, 6) is 0.150. The molecule has 5 heteroatoms. The molecule has 3 aromatic carbocycles. The van der Waals surface area contributed by atoms with E-state index >= 15 is 0 Å². The number of aromatic nitrogens is 2. The molecule has 5 nitrogen and oxygen atoms in total. The Morgan fingerprint density at radius 2 is 1.79 bits per heavy atom. The summed E-state index contributed by atoms with van der Waals surface area (Å²) in [5, 5.41) is 9.82. The lowest BCUT2D eigenvalue weighted by atomic mass is 10.0. The van der Waals surface area contributed by atoms with E-state index in [2.05, 4.69) is 28.6 Å². The third kappa shape index (κ3) is 2.63. The van der Waals surface area contributed by atoms with Crippen LogP contribution in [0.5, 0.6) is 5.75 Å². The molecule has 1 heterocycles. The van der Waals surface area contributed by atoms with Gasteiger partial charge in [0.15, 0.2) is 11.4 Å². The van der Waals surface area contributed by atoms with Gasteiger partial charge in [0.2, 0.25) is 0 Å². The normalized spacial score (nSPS) is 12.3. The zero-order valence-corrected chi connectivity index (χ0v) is 15.5. The van der Waals surface area contributed by atoms with Crippen LogP contribution >= 0.6 is 0 Å². The first-order valence-electron chi connectivity index (χ1n) is 9.28.